The van der Waals surface area contributed by atoms with Gasteiger partial charge in [-0.15, -0.1) is 0 Å². The smallest absolute Gasteiger partial charge is 0.237 e. The zero-order valence-electron chi connectivity index (χ0n) is 12.8. The Balaban J connectivity index is 1.63. The van der Waals surface area contributed by atoms with E-state index in [-0.39, 0.29) is 11.9 Å². The van der Waals surface area contributed by atoms with Crippen LogP contribution in [0.5, 0.6) is 0 Å². The second-order valence-corrected chi connectivity index (χ2v) is 6.35. The maximum Gasteiger partial charge on any atom is 0.237 e. The van der Waals surface area contributed by atoms with E-state index in [0.29, 0.717) is 6.54 Å². The highest BCUT2D eigenvalue weighted by molar-refractivity contribution is 5.79. The lowest BCUT2D eigenvalue weighted by molar-refractivity contribution is -0.135. The Morgan fingerprint density at radius 2 is 2.00 bits per heavy atom. The largest absolute Gasteiger partial charge is 0.332 e. The molecule has 0 aromatic heterocycles. The summed E-state index contributed by atoms with van der Waals surface area (Å²) < 4.78 is 0. The number of hydrogen-bond donors (Lipinski definition) is 1. The van der Waals surface area contributed by atoms with Gasteiger partial charge in [0.05, 0.1) is 12.6 Å². The number of nitrogens with one attached hydrogen (secondary N) is 1. The minimum atomic E-state index is 0.181. The fraction of sp³-hybridized carbons (Fsp3) is 0.588. The zero-order chi connectivity index (χ0) is 14.7. The van der Waals surface area contributed by atoms with E-state index in [1.165, 1.54) is 18.4 Å². The molecule has 1 aromatic carbocycles. The molecule has 21 heavy (non-hydrogen) atoms. The number of carbonyl (C=O) groups excluding carboxylic acids is 1. The van der Waals surface area contributed by atoms with E-state index in [4.69, 9.17) is 0 Å². The van der Waals surface area contributed by atoms with Crippen LogP contribution < -0.4 is 5.32 Å². The molecule has 1 saturated heterocycles. The van der Waals surface area contributed by atoms with Crippen molar-refractivity contribution in [1.82, 2.24) is 15.1 Å². The van der Waals surface area contributed by atoms with E-state index in [0.717, 1.165) is 32.1 Å². The molecule has 1 aromatic rings. The van der Waals surface area contributed by atoms with Crippen LogP contribution in [0.1, 0.15) is 24.4 Å². The highest BCUT2D eigenvalue weighted by Crippen LogP contribution is 2.28. The van der Waals surface area contributed by atoms with Gasteiger partial charge in [0.15, 0.2) is 0 Å². The summed E-state index contributed by atoms with van der Waals surface area (Å²) in [5.74, 6) is 1.05. The summed E-state index contributed by atoms with van der Waals surface area (Å²) >= 11 is 0. The van der Waals surface area contributed by atoms with Crippen LogP contribution in [0.15, 0.2) is 30.3 Å². The van der Waals surface area contributed by atoms with Gasteiger partial charge in [-0.3, -0.25) is 4.79 Å². The van der Waals surface area contributed by atoms with Gasteiger partial charge in [0.1, 0.15) is 0 Å². The first-order chi connectivity index (χ1) is 10.2. The van der Waals surface area contributed by atoms with Crippen LogP contribution in [0.4, 0.5) is 0 Å². The van der Waals surface area contributed by atoms with Gasteiger partial charge < -0.3 is 15.1 Å². The molecule has 1 unspecified atom stereocenters. The van der Waals surface area contributed by atoms with Crippen molar-refractivity contribution in [3.05, 3.63) is 35.9 Å². The van der Waals surface area contributed by atoms with Crippen LogP contribution in [-0.2, 0) is 4.79 Å². The molecule has 1 atom stereocenters. The highest BCUT2D eigenvalue weighted by Gasteiger charge is 2.30. The van der Waals surface area contributed by atoms with E-state index in [1.807, 2.05) is 6.07 Å². The van der Waals surface area contributed by atoms with Gasteiger partial charge in [-0.1, -0.05) is 30.3 Å². The Kier molecular flexibility index (Phi) is 4.56. The number of hydrogen-bond acceptors (Lipinski definition) is 3. The lowest BCUT2D eigenvalue weighted by Crippen LogP contribution is -2.51. The maximum atomic E-state index is 12.5. The Hall–Kier alpha value is -1.39. The summed E-state index contributed by atoms with van der Waals surface area (Å²) in [6.45, 7) is 4.16. The predicted molar refractivity (Wildman–Crippen MR) is 84.0 cm³/mol. The minimum absolute atomic E-state index is 0.181. The first-order valence-electron chi connectivity index (χ1n) is 7.97. The summed E-state index contributed by atoms with van der Waals surface area (Å²) in [6.07, 6.45) is 2.64. The fourth-order valence-corrected chi connectivity index (χ4v) is 2.99. The average molecular weight is 287 g/mol. The van der Waals surface area contributed by atoms with Crippen LogP contribution in [-0.4, -0.2) is 55.5 Å². The molecule has 1 saturated carbocycles. The molecular formula is C17H25N3O. The molecule has 1 N–H and O–H groups in total. The van der Waals surface area contributed by atoms with Crippen LogP contribution in [0.2, 0.25) is 0 Å². The fourth-order valence-electron chi connectivity index (χ4n) is 2.99. The number of likely N-dealkylation sites (N-methyl/N-ethyl adjacent to an activating group) is 1. The van der Waals surface area contributed by atoms with Crippen molar-refractivity contribution in [3.63, 3.8) is 0 Å². The molecule has 114 valence electrons. The third kappa shape index (κ3) is 3.83. The van der Waals surface area contributed by atoms with Crippen molar-refractivity contribution in [3.8, 4) is 0 Å². The van der Waals surface area contributed by atoms with Gasteiger partial charge in [0, 0.05) is 19.6 Å². The van der Waals surface area contributed by atoms with Crippen molar-refractivity contribution >= 4 is 5.91 Å². The van der Waals surface area contributed by atoms with Crippen molar-refractivity contribution in [2.75, 3.05) is 39.8 Å². The van der Waals surface area contributed by atoms with E-state index in [2.05, 4.69) is 46.4 Å². The molecular weight excluding hydrogens is 262 g/mol. The van der Waals surface area contributed by atoms with E-state index < -0.39 is 0 Å². The van der Waals surface area contributed by atoms with Crippen molar-refractivity contribution < 1.29 is 4.79 Å². The van der Waals surface area contributed by atoms with Crippen LogP contribution in [0, 0.1) is 5.92 Å². The van der Waals surface area contributed by atoms with Gasteiger partial charge in [-0.25, -0.2) is 0 Å². The third-order valence-electron chi connectivity index (χ3n) is 4.49. The number of amides is 1. The number of rotatable bonds is 5. The topological polar surface area (TPSA) is 35.6 Å². The molecule has 1 heterocycles. The molecule has 1 aliphatic heterocycles. The Morgan fingerprint density at radius 3 is 2.71 bits per heavy atom. The molecule has 1 aliphatic carbocycles. The minimum Gasteiger partial charge on any atom is -0.332 e. The quantitative estimate of drug-likeness (QED) is 0.891. The normalized spacial score (nSPS) is 23.3. The molecule has 3 rings (SSSR count). The monoisotopic (exact) mass is 287 g/mol. The van der Waals surface area contributed by atoms with Crippen molar-refractivity contribution in [2.24, 2.45) is 5.92 Å². The molecule has 0 radical (unpaired) electrons. The van der Waals surface area contributed by atoms with Gasteiger partial charge >= 0.3 is 0 Å². The van der Waals surface area contributed by atoms with E-state index >= 15 is 0 Å². The summed E-state index contributed by atoms with van der Waals surface area (Å²) in [7, 11) is 2.13. The van der Waals surface area contributed by atoms with Gasteiger partial charge in [0.2, 0.25) is 5.91 Å². The molecule has 0 bridgehead atoms. The number of carbonyl (C=O) groups is 1. The molecule has 2 aliphatic rings. The van der Waals surface area contributed by atoms with Gasteiger partial charge in [-0.05, 0) is 37.9 Å². The lowest BCUT2D eigenvalue weighted by Gasteiger charge is -2.40. The maximum absolute atomic E-state index is 12.5. The second kappa shape index (κ2) is 6.58. The van der Waals surface area contributed by atoms with E-state index in [1.54, 1.807) is 0 Å². The van der Waals surface area contributed by atoms with Crippen LogP contribution in [0.25, 0.3) is 0 Å². The molecule has 4 nitrogen and oxygen atoms in total. The SMILES string of the molecule is CN1CCN(C(=O)CNCC2CC2)C(c2ccccc2)C1. The van der Waals surface area contributed by atoms with E-state index in [9.17, 15) is 4.79 Å². The number of piperazine rings is 1. The summed E-state index contributed by atoms with van der Waals surface area (Å²) in [4.78, 5) is 16.9. The average Bonchev–Trinajstić information content (AvgIpc) is 3.32. The lowest BCUT2D eigenvalue weighted by atomic mass is 10.0. The zero-order valence-corrected chi connectivity index (χ0v) is 12.8. The van der Waals surface area contributed by atoms with Crippen LogP contribution in [0.3, 0.4) is 0 Å². The van der Waals surface area contributed by atoms with Crippen molar-refractivity contribution in [1.29, 1.82) is 0 Å². The Labute approximate surface area is 127 Å². The van der Waals surface area contributed by atoms with Gasteiger partial charge in [-0.2, -0.15) is 0 Å². The first kappa shape index (κ1) is 14.5. The summed E-state index contributed by atoms with van der Waals surface area (Å²) in [5.41, 5.74) is 1.24. The van der Waals surface area contributed by atoms with Crippen molar-refractivity contribution in [2.45, 2.75) is 18.9 Å². The van der Waals surface area contributed by atoms with Crippen LogP contribution >= 0.6 is 0 Å². The second-order valence-electron chi connectivity index (χ2n) is 6.35. The third-order valence-corrected chi connectivity index (χ3v) is 4.49. The number of nitrogens with zero attached hydrogens (tertiary/aromatic N) is 2. The molecule has 4 heteroatoms. The Morgan fingerprint density at radius 1 is 1.24 bits per heavy atom. The Bertz CT molecular complexity index is 472. The highest BCUT2D eigenvalue weighted by atomic mass is 16.2. The molecule has 0 spiro atoms. The standard InChI is InChI=1S/C17H25N3O/c1-19-9-10-20(17(21)12-18-11-14-7-8-14)16(13-19)15-5-3-2-4-6-15/h2-6,14,16,18H,7-13H2,1H3. The number of benzene rings is 1. The van der Waals surface area contributed by atoms with Gasteiger partial charge in [0.25, 0.3) is 0 Å². The summed E-state index contributed by atoms with van der Waals surface area (Å²) in [6, 6.07) is 10.6. The summed E-state index contributed by atoms with van der Waals surface area (Å²) in [5, 5.41) is 3.32. The first-order valence-corrected chi connectivity index (χ1v) is 7.97. The predicted octanol–water partition coefficient (Wildman–Crippen LogP) is 1.50. The molecule has 1 amide bonds. The molecule has 2 fully saturated rings.